The van der Waals surface area contributed by atoms with Crippen LogP contribution in [-0.2, 0) is 0 Å². The summed E-state index contributed by atoms with van der Waals surface area (Å²) in [5.74, 6) is 0.345. The molecule has 1 heterocycles. The summed E-state index contributed by atoms with van der Waals surface area (Å²) in [7, 11) is 0. The van der Waals surface area contributed by atoms with Gasteiger partial charge >= 0.3 is 0 Å². The number of carbonyl (C=O) groups excluding carboxylic acids is 1. The monoisotopic (exact) mass is 236 g/mol. The molecule has 0 unspecified atom stereocenters. The molecule has 3 N–H and O–H groups in total. The predicted molar refractivity (Wildman–Crippen MR) is 63.4 cm³/mol. The average molecular weight is 236 g/mol. The Labute approximate surface area is 99.8 Å². The maximum absolute atomic E-state index is 10.5. The number of ether oxygens (including phenoxy) is 1. The number of aromatic hydroxyl groups is 1. The van der Waals surface area contributed by atoms with Crippen molar-refractivity contribution in [2.24, 2.45) is 0 Å². The van der Waals surface area contributed by atoms with Crippen LogP contribution in [0, 0.1) is 0 Å². The van der Waals surface area contributed by atoms with Crippen LogP contribution in [0.5, 0.6) is 11.5 Å². The van der Waals surface area contributed by atoms with E-state index in [2.05, 4.69) is 10.6 Å². The van der Waals surface area contributed by atoms with E-state index >= 15 is 0 Å². The van der Waals surface area contributed by atoms with E-state index in [0.717, 1.165) is 13.1 Å². The molecule has 0 aromatic heterocycles. The van der Waals surface area contributed by atoms with Crippen molar-refractivity contribution in [3.63, 3.8) is 0 Å². The van der Waals surface area contributed by atoms with Gasteiger partial charge in [-0.2, -0.15) is 0 Å². The molecule has 2 rings (SSSR count). The second kappa shape index (κ2) is 4.73. The second-order valence-corrected chi connectivity index (χ2v) is 4.28. The third-order valence-electron chi connectivity index (χ3n) is 2.72. The van der Waals surface area contributed by atoms with Crippen molar-refractivity contribution in [2.75, 3.05) is 19.6 Å². The molecule has 17 heavy (non-hydrogen) atoms. The molecule has 0 amide bonds. The lowest BCUT2D eigenvalue weighted by Gasteiger charge is -2.35. The van der Waals surface area contributed by atoms with E-state index < -0.39 is 5.72 Å². The zero-order valence-corrected chi connectivity index (χ0v) is 9.69. The Morgan fingerprint density at radius 3 is 2.88 bits per heavy atom. The highest BCUT2D eigenvalue weighted by Gasteiger charge is 2.28. The van der Waals surface area contributed by atoms with Crippen molar-refractivity contribution in [3.8, 4) is 11.5 Å². The first-order chi connectivity index (χ1) is 8.13. The van der Waals surface area contributed by atoms with Crippen molar-refractivity contribution >= 4 is 6.29 Å². The molecule has 0 bridgehead atoms. The minimum atomic E-state index is -0.543. The molecule has 1 atom stereocenters. The lowest BCUT2D eigenvalue weighted by atomic mass is 10.2. The van der Waals surface area contributed by atoms with Crippen LogP contribution in [0.15, 0.2) is 18.2 Å². The molecule has 1 aliphatic heterocycles. The molecule has 0 spiro atoms. The zero-order valence-electron chi connectivity index (χ0n) is 9.69. The standard InChI is InChI=1S/C12H16N2O3/c1-12(8-13-4-5-14-12)17-11-3-2-9(7-15)6-10(11)16/h2-3,6-7,13-14,16H,4-5,8H2,1H3/t12-/m0/s1. The molecule has 1 aromatic carbocycles. The second-order valence-electron chi connectivity index (χ2n) is 4.28. The van der Waals surface area contributed by atoms with Crippen molar-refractivity contribution in [2.45, 2.75) is 12.6 Å². The van der Waals surface area contributed by atoms with Crippen molar-refractivity contribution < 1.29 is 14.6 Å². The summed E-state index contributed by atoms with van der Waals surface area (Å²) in [6.07, 6.45) is 0.686. The van der Waals surface area contributed by atoms with Gasteiger partial charge in [-0.25, -0.2) is 0 Å². The summed E-state index contributed by atoms with van der Waals surface area (Å²) < 4.78 is 5.73. The predicted octanol–water partition coefficient (Wildman–Crippen LogP) is 0.493. The van der Waals surface area contributed by atoms with Crippen LogP contribution in [0.25, 0.3) is 0 Å². The van der Waals surface area contributed by atoms with Gasteiger partial charge in [0, 0.05) is 25.2 Å². The van der Waals surface area contributed by atoms with E-state index in [4.69, 9.17) is 4.74 Å². The summed E-state index contributed by atoms with van der Waals surface area (Å²) in [5.41, 5.74) is -0.118. The molecular weight excluding hydrogens is 220 g/mol. The van der Waals surface area contributed by atoms with E-state index in [1.165, 1.54) is 6.07 Å². The van der Waals surface area contributed by atoms with Crippen molar-refractivity contribution in [1.82, 2.24) is 10.6 Å². The molecule has 0 radical (unpaired) electrons. The summed E-state index contributed by atoms with van der Waals surface area (Å²) in [4.78, 5) is 10.5. The van der Waals surface area contributed by atoms with Crippen LogP contribution in [0.1, 0.15) is 17.3 Å². The Bertz CT molecular complexity index is 414. The smallest absolute Gasteiger partial charge is 0.170 e. The molecule has 5 heteroatoms. The minimum absolute atomic E-state index is 0.0248. The van der Waals surface area contributed by atoms with Crippen LogP contribution < -0.4 is 15.4 Å². The van der Waals surface area contributed by atoms with Gasteiger partial charge in [-0.3, -0.25) is 10.1 Å². The first-order valence-corrected chi connectivity index (χ1v) is 5.56. The van der Waals surface area contributed by atoms with E-state index in [9.17, 15) is 9.90 Å². The summed E-state index contributed by atoms with van der Waals surface area (Å²) in [6.45, 7) is 4.27. The maximum atomic E-state index is 10.5. The molecule has 1 fully saturated rings. The number of piperazine rings is 1. The van der Waals surface area contributed by atoms with Gasteiger partial charge < -0.3 is 15.2 Å². The molecule has 0 saturated carbocycles. The van der Waals surface area contributed by atoms with E-state index in [0.29, 0.717) is 24.1 Å². The van der Waals surface area contributed by atoms with Gasteiger partial charge in [-0.05, 0) is 25.1 Å². The molecule has 1 aliphatic rings. The Morgan fingerprint density at radius 1 is 1.47 bits per heavy atom. The number of phenols is 1. The average Bonchev–Trinajstić information content (AvgIpc) is 2.32. The van der Waals surface area contributed by atoms with Gasteiger partial charge in [0.15, 0.2) is 17.2 Å². The Kier molecular flexibility index (Phi) is 3.31. The lowest BCUT2D eigenvalue weighted by Crippen LogP contribution is -2.60. The van der Waals surface area contributed by atoms with Crippen LogP contribution in [0.3, 0.4) is 0 Å². The number of nitrogens with one attached hydrogen (secondary N) is 2. The molecule has 1 aromatic rings. The first-order valence-electron chi connectivity index (χ1n) is 5.56. The molecule has 0 aliphatic carbocycles. The fraction of sp³-hybridized carbons (Fsp3) is 0.417. The summed E-state index contributed by atoms with van der Waals surface area (Å²) in [5, 5.41) is 16.2. The third-order valence-corrected chi connectivity index (χ3v) is 2.72. The molecular formula is C12H16N2O3. The van der Waals surface area contributed by atoms with Crippen LogP contribution in [0.4, 0.5) is 0 Å². The van der Waals surface area contributed by atoms with Gasteiger partial charge in [-0.15, -0.1) is 0 Å². The number of phenolic OH excluding ortho intramolecular Hbond substituents is 1. The largest absolute Gasteiger partial charge is 0.504 e. The van der Waals surface area contributed by atoms with Gasteiger partial charge in [0.1, 0.15) is 6.29 Å². The highest BCUT2D eigenvalue weighted by atomic mass is 16.5. The van der Waals surface area contributed by atoms with E-state index in [-0.39, 0.29) is 5.75 Å². The molecule has 5 nitrogen and oxygen atoms in total. The number of carbonyl (C=O) groups is 1. The molecule has 1 saturated heterocycles. The zero-order chi connectivity index (χ0) is 12.3. The summed E-state index contributed by atoms with van der Waals surface area (Å²) in [6, 6.07) is 4.60. The van der Waals surface area contributed by atoms with Gasteiger partial charge in [-0.1, -0.05) is 0 Å². The number of hydrogen-bond acceptors (Lipinski definition) is 5. The van der Waals surface area contributed by atoms with Gasteiger partial charge in [0.2, 0.25) is 0 Å². The SMILES string of the molecule is C[C@]1(Oc2ccc(C=O)cc2O)CNCCN1. The normalized spacial score (nSPS) is 24.3. The Morgan fingerprint density at radius 2 is 2.29 bits per heavy atom. The van der Waals surface area contributed by atoms with E-state index in [1.807, 2.05) is 6.92 Å². The minimum Gasteiger partial charge on any atom is -0.504 e. The molecule has 92 valence electrons. The Balaban J connectivity index is 2.15. The number of benzene rings is 1. The number of rotatable bonds is 3. The maximum Gasteiger partial charge on any atom is 0.170 e. The van der Waals surface area contributed by atoms with Gasteiger partial charge in [0.25, 0.3) is 0 Å². The van der Waals surface area contributed by atoms with Crippen LogP contribution in [-0.4, -0.2) is 36.8 Å². The third kappa shape index (κ3) is 2.75. The number of aldehydes is 1. The highest BCUT2D eigenvalue weighted by Crippen LogP contribution is 2.29. The fourth-order valence-corrected chi connectivity index (χ4v) is 1.81. The first kappa shape index (κ1) is 11.9. The quantitative estimate of drug-likeness (QED) is 0.666. The fourth-order valence-electron chi connectivity index (χ4n) is 1.81. The summed E-state index contributed by atoms with van der Waals surface area (Å²) >= 11 is 0. The van der Waals surface area contributed by atoms with Gasteiger partial charge in [0.05, 0.1) is 0 Å². The van der Waals surface area contributed by atoms with Crippen molar-refractivity contribution in [3.05, 3.63) is 23.8 Å². The number of hydrogen-bond donors (Lipinski definition) is 3. The van der Waals surface area contributed by atoms with E-state index in [1.54, 1.807) is 12.1 Å². The lowest BCUT2D eigenvalue weighted by molar-refractivity contribution is 0.0356. The topological polar surface area (TPSA) is 70.6 Å². The van der Waals surface area contributed by atoms with Crippen molar-refractivity contribution in [1.29, 1.82) is 0 Å². The van der Waals surface area contributed by atoms with Crippen LogP contribution in [0.2, 0.25) is 0 Å². The Hall–Kier alpha value is -1.59. The highest BCUT2D eigenvalue weighted by molar-refractivity contribution is 5.76. The van der Waals surface area contributed by atoms with Crippen LogP contribution >= 0.6 is 0 Å².